The van der Waals surface area contributed by atoms with E-state index in [1.807, 2.05) is 31.2 Å². The quantitative estimate of drug-likeness (QED) is 0.553. The summed E-state index contributed by atoms with van der Waals surface area (Å²) < 4.78 is 1.63. The number of carbonyl (C=O) groups excluding carboxylic acids is 3. The first-order chi connectivity index (χ1) is 12.0. The van der Waals surface area contributed by atoms with E-state index in [2.05, 4.69) is 5.32 Å². The molecule has 0 spiro atoms. The lowest BCUT2D eigenvalue weighted by Crippen LogP contribution is -2.23. The topological polar surface area (TPSA) is 94.2 Å². The van der Waals surface area contributed by atoms with Gasteiger partial charge in [0.05, 0.1) is 5.56 Å². The molecule has 126 valence electrons. The van der Waals surface area contributed by atoms with Crippen LogP contribution in [0, 0.1) is 6.92 Å². The zero-order chi connectivity index (χ0) is 18.0. The van der Waals surface area contributed by atoms with E-state index in [-0.39, 0.29) is 18.0 Å². The Labute approximate surface area is 144 Å². The van der Waals surface area contributed by atoms with Crippen molar-refractivity contribution < 1.29 is 14.4 Å². The van der Waals surface area contributed by atoms with Gasteiger partial charge >= 0.3 is 0 Å². The summed E-state index contributed by atoms with van der Waals surface area (Å²) in [4.78, 5) is 35.5. The molecule has 0 saturated carbocycles. The summed E-state index contributed by atoms with van der Waals surface area (Å²) in [6.45, 7) is 1.98. The maximum Gasteiger partial charge on any atom is 0.289 e. The normalized spacial score (nSPS) is 10.6. The van der Waals surface area contributed by atoms with E-state index in [4.69, 9.17) is 5.73 Å². The molecule has 3 aromatic rings. The molecule has 0 aliphatic rings. The molecule has 6 heteroatoms. The number of aryl methyl sites for hydroxylation is 1. The van der Waals surface area contributed by atoms with Crippen LogP contribution in [0.15, 0.2) is 54.7 Å². The number of primary amides is 1. The first kappa shape index (κ1) is 16.4. The van der Waals surface area contributed by atoms with Gasteiger partial charge in [-0.05, 0) is 25.1 Å². The molecular formula is C19H17N3O3. The van der Waals surface area contributed by atoms with Crippen LogP contribution in [0.2, 0.25) is 0 Å². The van der Waals surface area contributed by atoms with Crippen LogP contribution in [-0.2, 0) is 16.1 Å². The van der Waals surface area contributed by atoms with E-state index in [1.54, 1.807) is 28.8 Å². The third-order valence-electron chi connectivity index (χ3n) is 3.91. The van der Waals surface area contributed by atoms with E-state index in [9.17, 15) is 14.4 Å². The van der Waals surface area contributed by atoms with Crippen molar-refractivity contribution in [2.75, 3.05) is 5.32 Å². The van der Waals surface area contributed by atoms with E-state index >= 15 is 0 Å². The Bertz CT molecular complexity index is 971. The van der Waals surface area contributed by atoms with Gasteiger partial charge in [-0.2, -0.15) is 0 Å². The Hall–Kier alpha value is -3.41. The number of anilines is 1. The van der Waals surface area contributed by atoms with Crippen LogP contribution in [0.25, 0.3) is 10.9 Å². The molecule has 0 radical (unpaired) electrons. The van der Waals surface area contributed by atoms with Crippen molar-refractivity contribution in [3.05, 3.63) is 65.9 Å². The van der Waals surface area contributed by atoms with Gasteiger partial charge in [0.1, 0.15) is 6.54 Å². The van der Waals surface area contributed by atoms with Gasteiger partial charge in [-0.3, -0.25) is 14.4 Å². The molecule has 25 heavy (non-hydrogen) atoms. The highest BCUT2D eigenvalue weighted by Crippen LogP contribution is 2.22. The average Bonchev–Trinajstić information content (AvgIpc) is 2.95. The molecule has 0 bridgehead atoms. The van der Waals surface area contributed by atoms with Crippen LogP contribution < -0.4 is 11.1 Å². The number of benzene rings is 2. The fourth-order valence-corrected chi connectivity index (χ4v) is 2.68. The molecule has 0 fully saturated rings. The maximum absolute atomic E-state index is 12.3. The van der Waals surface area contributed by atoms with Gasteiger partial charge in [-0.15, -0.1) is 0 Å². The molecule has 1 heterocycles. The molecule has 0 unspecified atom stereocenters. The fourth-order valence-electron chi connectivity index (χ4n) is 2.68. The van der Waals surface area contributed by atoms with E-state index in [0.717, 1.165) is 5.56 Å². The summed E-state index contributed by atoms with van der Waals surface area (Å²) in [7, 11) is 0. The predicted octanol–water partition coefficient (Wildman–Crippen LogP) is 2.26. The van der Waals surface area contributed by atoms with E-state index < -0.39 is 11.7 Å². The Morgan fingerprint density at radius 2 is 1.72 bits per heavy atom. The number of hydrogen-bond acceptors (Lipinski definition) is 3. The number of nitrogens with two attached hydrogens (primary N) is 1. The lowest BCUT2D eigenvalue weighted by atomic mass is 10.1. The minimum absolute atomic E-state index is 0.0143. The largest absolute Gasteiger partial charge is 0.363 e. The zero-order valence-corrected chi connectivity index (χ0v) is 13.7. The van der Waals surface area contributed by atoms with Crippen LogP contribution in [0.1, 0.15) is 15.9 Å². The van der Waals surface area contributed by atoms with Gasteiger partial charge in [-0.1, -0.05) is 35.9 Å². The monoisotopic (exact) mass is 335 g/mol. The van der Waals surface area contributed by atoms with Crippen LogP contribution in [0.4, 0.5) is 5.69 Å². The van der Waals surface area contributed by atoms with Gasteiger partial charge in [0.2, 0.25) is 5.91 Å². The van der Waals surface area contributed by atoms with Crippen molar-refractivity contribution in [3.63, 3.8) is 0 Å². The molecular weight excluding hydrogens is 318 g/mol. The van der Waals surface area contributed by atoms with E-state index in [0.29, 0.717) is 16.6 Å². The van der Waals surface area contributed by atoms with Gasteiger partial charge in [-0.25, -0.2) is 0 Å². The number of hydrogen-bond donors (Lipinski definition) is 2. The average molecular weight is 335 g/mol. The number of rotatable bonds is 5. The molecule has 3 rings (SSSR count). The fraction of sp³-hybridized carbons (Fsp3) is 0.105. The van der Waals surface area contributed by atoms with Crippen molar-refractivity contribution >= 4 is 34.2 Å². The smallest absolute Gasteiger partial charge is 0.289 e. The number of para-hydroxylation sites is 1. The molecule has 3 N–H and O–H groups in total. The summed E-state index contributed by atoms with van der Waals surface area (Å²) in [6.07, 6.45) is 1.49. The standard InChI is InChI=1S/C19H17N3O3/c1-12-6-8-13(9-7-12)21-17(23)11-22-10-15(18(24)19(20)25)14-4-2-3-5-16(14)22/h2-10H,11H2,1H3,(H2,20,25)(H,21,23). The first-order valence-corrected chi connectivity index (χ1v) is 7.74. The molecule has 1 aromatic heterocycles. The number of aromatic nitrogens is 1. The SMILES string of the molecule is Cc1ccc(NC(=O)Cn2cc(C(=O)C(N)=O)c3ccccc32)cc1. The number of nitrogens with zero attached hydrogens (tertiary/aromatic N) is 1. The van der Waals surface area contributed by atoms with Crippen molar-refractivity contribution in [1.82, 2.24) is 4.57 Å². The molecule has 2 aromatic carbocycles. The Morgan fingerprint density at radius 1 is 1.04 bits per heavy atom. The predicted molar refractivity (Wildman–Crippen MR) is 95.3 cm³/mol. The lowest BCUT2D eigenvalue weighted by molar-refractivity contribution is -0.116. The Morgan fingerprint density at radius 3 is 2.40 bits per heavy atom. The minimum atomic E-state index is -1.02. The number of Topliss-reactive ketones (excluding diaryl/α,β-unsaturated/α-hetero) is 1. The number of carbonyl (C=O) groups is 3. The van der Waals surface area contributed by atoms with Crippen LogP contribution >= 0.6 is 0 Å². The second kappa shape index (κ2) is 6.60. The summed E-state index contributed by atoms with van der Waals surface area (Å²) in [6, 6.07) is 14.5. The van der Waals surface area contributed by atoms with Crippen molar-refractivity contribution in [1.29, 1.82) is 0 Å². The van der Waals surface area contributed by atoms with Gasteiger partial charge in [0, 0.05) is 22.8 Å². The zero-order valence-electron chi connectivity index (χ0n) is 13.7. The molecule has 2 amide bonds. The van der Waals surface area contributed by atoms with E-state index in [1.165, 1.54) is 6.20 Å². The number of nitrogens with one attached hydrogen (secondary N) is 1. The Kier molecular flexibility index (Phi) is 4.35. The van der Waals surface area contributed by atoms with Gasteiger partial charge in [0.15, 0.2) is 0 Å². The summed E-state index contributed by atoms with van der Waals surface area (Å²) in [5.74, 6) is -2.02. The molecule has 0 aliphatic carbocycles. The molecule has 6 nitrogen and oxygen atoms in total. The second-order valence-corrected chi connectivity index (χ2v) is 5.80. The summed E-state index contributed by atoms with van der Waals surface area (Å²) >= 11 is 0. The minimum Gasteiger partial charge on any atom is -0.363 e. The summed E-state index contributed by atoms with van der Waals surface area (Å²) in [5, 5.41) is 3.40. The van der Waals surface area contributed by atoms with Crippen molar-refractivity contribution in [3.8, 4) is 0 Å². The number of amides is 2. The van der Waals surface area contributed by atoms with Crippen molar-refractivity contribution in [2.24, 2.45) is 5.73 Å². The Balaban J connectivity index is 1.88. The third-order valence-corrected chi connectivity index (χ3v) is 3.91. The van der Waals surface area contributed by atoms with Crippen molar-refractivity contribution in [2.45, 2.75) is 13.5 Å². The molecule has 0 saturated heterocycles. The number of fused-ring (bicyclic) bond motifs is 1. The first-order valence-electron chi connectivity index (χ1n) is 7.74. The lowest BCUT2D eigenvalue weighted by Gasteiger charge is -2.07. The second-order valence-electron chi connectivity index (χ2n) is 5.80. The van der Waals surface area contributed by atoms with Crippen LogP contribution in [-0.4, -0.2) is 22.2 Å². The van der Waals surface area contributed by atoms with Crippen LogP contribution in [0.5, 0.6) is 0 Å². The maximum atomic E-state index is 12.3. The highest BCUT2D eigenvalue weighted by atomic mass is 16.2. The van der Waals surface area contributed by atoms with Gasteiger partial charge in [0.25, 0.3) is 11.7 Å². The molecule has 0 aliphatic heterocycles. The van der Waals surface area contributed by atoms with Crippen LogP contribution in [0.3, 0.4) is 0 Å². The molecule has 0 atom stereocenters. The number of ketones is 1. The highest BCUT2D eigenvalue weighted by molar-refractivity contribution is 6.44. The third kappa shape index (κ3) is 3.42. The summed E-state index contributed by atoms with van der Waals surface area (Å²) in [5.41, 5.74) is 7.79. The van der Waals surface area contributed by atoms with Gasteiger partial charge < -0.3 is 15.6 Å². The highest BCUT2D eigenvalue weighted by Gasteiger charge is 2.19.